The summed E-state index contributed by atoms with van der Waals surface area (Å²) in [4.78, 5) is 24.6. The van der Waals surface area contributed by atoms with Gasteiger partial charge in [-0.15, -0.1) is 0 Å². The number of nitro groups is 1. The molecule has 0 aliphatic carbocycles. The molecule has 7 nitrogen and oxygen atoms in total. The fourth-order valence-corrected chi connectivity index (χ4v) is 2.98. The number of nitro benzene ring substituents is 1. The number of hydrogen-bond donors (Lipinski definition) is 0. The summed E-state index contributed by atoms with van der Waals surface area (Å²) in [6, 6.07) is 16.1. The third-order valence-corrected chi connectivity index (χ3v) is 4.53. The number of carbonyl (C=O) groups is 1. The van der Waals surface area contributed by atoms with Crippen LogP contribution in [-0.2, 0) is 6.42 Å². The highest BCUT2D eigenvalue weighted by Gasteiger charge is 2.16. The Hall–Kier alpha value is -3.48. The van der Waals surface area contributed by atoms with Crippen molar-refractivity contribution in [1.29, 1.82) is 0 Å². The molecule has 1 amide bonds. The minimum absolute atomic E-state index is 0.0127. The van der Waals surface area contributed by atoms with Crippen LogP contribution in [0.15, 0.2) is 59.1 Å². The molecule has 0 saturated carbocycles. The average molecular weight is 379 g/mol. The van der Waals surface area contributed by atoms with E-state index in [1.54, 1.807) is 24.9 Å². The van der Waals surface area contributed by atoms with E-state index in [-0.39, 0.29) is 11.6 Å². The van der Waals surface area contributed by atoms with E-state index in [9.17, 15) is 14.9 Å². The van der Waals surface area contributed by atoms with Crippen molar-refractivity contribution in [1.82, 2.24) is 10.1 Å². The number of aryl methyl sites for hydroxylation is 2. The van der Waals surface area contributed by atoms with E-state index in [0.717, 1.165) is 23.4 Å². The van der Waals surface area contributed by atoms with Crippen LogP contribution in [0.2, 0.25) is 0 Å². The van der Waals surface area contributed by atoms with Crippen molar-refractivity contribution in [2.75, 3.05) is 13.6 Å². The van der Waals surface area contributed by atoms with Crippen LogP contribution in [0.1, 0.15) is 28.1 Å². The van der Waals surface area contributed by atoms with Gasteiger partial charge in [0.1, 0.15) is 11.5 Å². The van der Waals surface area contributed by atoms with E-state index in [0.29, 0.717) is 24.1 Å². The zero-order valence-electron chi connectivity index (χ0n) is 15.8. The number of aromatic nitrogens is 1. The topological polar surface area (TPSA) is 89.5 Å². The molecule has 0 fully saturated rings. The second-order valence-corrected chi connectivity index (χ2v) is 6.63. The van der Waals surface area contributed by atoms with Crippen molar-refractivity contribution in [3.8, 4) is 11.3 Å². The summed E-state index contributed by atoms with van der Waals surface area (Å²) in [5, 5.41) is 15.0. The highest BCUT2D eigenvalue weighted by molar-refractivity contribution is 5.94. The molecule has 3 rings (SSSR count). The smallest absolute Gasteiger partial charge is 0.272 e. The molecule has 0 aliphatic heterocycles. The molecule has 0 N–H and O–H groups in total. The molecule has 0 saturated heterocycles. The molecular weight excluding hydrogens is 358 g/mol. The highest BCUT2D eigenvalue weighted by Crippen LogP contribution is 2.21. The third-order valence-electron chi connectivity index (χ3n) is 4.53. The monoisotopic (exact) mass is 379 g/mol. The summed E-state index contributed by atoms with van der Waals surface area (Å²) in [5.41, 5.74) is 2.72. The molecule has 3 aromatic rings. The molecule has 0 aliphatic rings. The number of nitrogens with zero attached hydrogens (tertiary/aromatic N) is 3. The Bertz CT molecular complexity index is 982. The van der Waals surface area contributed by atoms with Crippen molar-refractivity contribution in [3.05, 3.63) is 81.6 Å². The number of benzene rings is 2. The van der Waals surface area contributed by atoms with Crippen molar-refractivity contribution in [2.24, 2.45) is 0 Å². The zero-order chi connectivity index (χ0) is 20.1. The van der Waals surface area contributed by atoms with Crippen LogP contribution < -0.4 is 0 Å². The second kappa shape index (κ2) is 8.47. The first-order chi connectivity index (χ1) is 13.5. The van der Waals surface area contributed by atoms with E-state index in [1.165, 1.54) is 12.1 Å². The molecule has 28 heavy (non-hydrogen) atoms. The van der Waals surface area contributed by atoms with Gasteiger partial charge in [-0.25, -0.2) is 0 Å². The molecule has 0 unspecified atom stereocenters. The lowest BCUT2D eigenvalue weighted by molar-refractivity contribution is -0.385. The summed E-state index contributed by atoms with van der Waals surface area (Å²) in [6.45, 7) is 2.17. The molecule has 144 valence electrons. The lowest BCUT2D eigenvalue weighted by Crippen LogP contribution is -2.28. The molecule has 7 heteroatoms. The highest BCUT2D eigenvalue weighted by atomic mass is 16.6. The lowest BCUT2D eigenvalue weighted by Gasteiger charge is -2.17. The summed E-state index contributed by atoms with van der Waals surface area (Å²) in [6.07, 6.45) is 1.38. The first kappa shape index (κ1) is 19.3. The Balaban J connectivity index is 1.55. The van der Waals surface area contributed by atoms with E-state index >= 15 is 0 Å². The van der Waals surface area contributed by atoms with Crippen LogP contribution >= 0.6 is 0 Å². The molecule has 0 bridgehead atoms. The van der Waals surface area contributed by atoms with Gasteiger partial charge in [0.05, 0.1) is 4.92 Å². The minimum atomic E-state index is -0.450. The fourth-order valence-electron chi connectivity index (χ4n) is 2.98. The molecule has 1 heterocycles. The van der Waals surface area contributed by atoms with Gasteiger partial charge in [0, 0.05) is 48.8 Å². The number of rotatable bonds is 7. The van der Waals surface area contributed by atoms with Crippen molar-refractivity contribution in [3.63, 3.8) is 0 Å². The molecule has 2 aromatic carbocycles. The van der Waals surface area contributed by atoms with Crippen LogP contribution in [0.4, 0.5) is 5.69 Å². The Morgan fingerprint density at radius 2 is 1.93 bits per heavy atom. The van der Waals surface area contributed by atoms with Crippen LogP contribution in [0, 0.1) is 17.0 Å². The molecule has 0 spiro atoms. The van der Waals surface area contributed by atoms with Gasteiger partial charge in [-0.05, 0) is 25.5 Å². The zero-order valence-corrected chi connectivity index (χ0v) is 15.8. The van der Waals surface area contributed by atoms with Gasteiger partial charge in [-0.2, -0.15) is 0 Å². The maximum Gasteiger partial charge on any atom is 0.272 e. The molecule has 0 radical (unpaired) electrons. The van der Waals surface area contributed by atoms with Crippen LogP contribution in [0.25, 0.3) is 11.3 Å². The number of hydrogen-bond acceptors (Lipinski definition) is 5. The van der Waals surface area contributed by atoms with Gasteiger partial charge >= 0.3 is 0 Å². The van der Waals surface area contributed by atoms with Gasteiger partial charge in [-0.1, -0.05) is 35.5 Å². The number of amides is 1. The Labute approximate surface area is 162 Å². The van der Waals surface area contributed by atoms with E-state index < -0.39 is 4.92 Å². The van der Waals surface area contributed by atoms with Gasteiger partial charge in [0.15, 0.2) is 0 Å². The standard InChI is InChI=1S/C21H21N3O4/c1-15-13-17(10-11-20(15)24(26)27)21(25)23(2)12-6-9-18-14-19(22-28-18)16-7-4-3-5-8-16/h3-5,7-8,10-11,13-14H,6,9,12H2,1-2H3. The normalized spacial score (nSPS) is 10.6. The van der Waals surface area contributed by atoms with Crippen molar-refractivity contribution < 1.29 is 14.2 Å². The van der Waals surface area contributed by atoms with Gasteiger partial charge in [-0.3, -0.25) is 14.9 Å². The summed E-state index contributed by atoms with van der Waals surface area (Å²) < 4.78 is 5.38. The Morgan fingerprint density at radius 1 is 1.18 bits per heavy atom. The summed E-state index contributed by atoms with van der Waals surface area (Å²) in [5.74, 6) is 0.603. The first-order valence-corrected chi connectivity index (χ1v) is 8.97. The van der Waals surface area contributed by atoms with Crippen molar-refractivity contribution in [2.45, 2.75) is 19.8 Å². The lowest BCUT2D eigenvalue weighted by atomic mass is 10.1. The molecule has 0 atom stereocenters. The largest absolute Gasteiger partial charge is 0.361 e. The molecule has 1 aromatic heterocycles. The quantitative estimate of drug-likeness (QED) is 0.452. The minimum Gasteiger partial charge on any atom is -0.361 e. The number of carbonyl (C=O) groups excluding carboxylic acids is 1. The SMILES string of the molecule is Cc1cc(C(=O)N(C)CCCc2cc(-c3ccccc3)no2)ccc1[N+](=O)[O-]. The average Bonchev–Trinajstić information content (AvgIpc) is 3.16. The van der Waals surface area contributed by atoms with Gasteiger partial charge < -0.3 is 9.42 Å². The van der Waals surface area contributed by atoms with Crippen molar-refractivity contribution >= 4 is 11.6 Å². The fraction of sp³-hybridized carbons (Fsp3) is 0.238. The van der Waals surface area contributed by atoms with E-state index in [1.807, 2.05) is 36.4 Å². The van der Waals surface area contributed by atoms with Crippen LogP contribution in [-0.4, -0.2) is 34.5 Å². The predicted molar refractivity (Wildman–Crippen MR) is 105 cm³/mol. The Morgan fingerprint density at radius 3 is 2.61 bits per heavy atom. The van der Waals surface area contributed by atoms with E-state index in [2.05, 4.69) is 5.16 Å². The maximum absolute atomic E-state index is 12.5. The second-order valence-electron chi connectivity index (χ2n) is 6.63. The van der Waals surface area contributed by atoms with E-state index in [4.69, 9.17) is 4.52 Å². The van der Waals surface area contributed by atoms with Crippen LogP contribution in [0.5, 0.6) is 0 Å². The van der Waals surface area contributed by atoms with Crippen LogP contribution in [0.3, 0.4) is 0 Å². The third kappa shape index (κ3) is 4.43. The summed E-state index contributed by atoms with van der Waals surface area (Å²) >= 11 is 0. The first-order valence-electron chi connectivity index (χ1n) is 8.97. The van der Waals surface area contributed by atoms with Gasteiger partial charge in [0.2, 0.25) is 0 Å². The predicted octanol–water partition coefficient (Wildman–Crippen LogP) is 4.26. The maximum atomic E-state index is 12.5. The molecular formula is C21H21N3O4. The van der Waals surface area contributed by atoms with Gasteiger partial charge in [0.25, 0.3) is 11.6 Å². The summed E-state index contributed by atoms with van der Waals surface area (Å²) in [7, 11) is 1.72. The Kier molecular flexibility index (Phi) is 5.84.